The lowest BCUT2D eigenvalue weighted by Gasteiger charge is -2.25. The van der Waals surface area contributed by atoms with E-state index in [4.69, 9.17) is 9.84 Å². The van der Waals surface area contributed by atoms with Gasteiger partial charge in [0, 0.05) is 13.7 Å². The Kier molecular flexibility index (Phi) is 6.42. The van der Waals surface area contributed by atoms with Crippen LogP contribution in [0.15, 0.2) is 0 Å². The fourth-order valence-electron chi connectivity index (χ4n) is 2.36. The molecule has 94 valence electrons. The standard InChI is InChI=1S/C12H23NO3/c1-16-8-7-13-11(12(14)15)9-10-5-3-2-4-6-10/h10-11,13H,2-9H2,1H3,(H,14,15). The molecule has 0 radical (unpaired) electrons. The molecule has 1 aliphatic rings. The highest BCUT2D eigenvalue weighted by atomic mass is 16.5. The summed E-state index contributed by atoms with van der Waals surface area (Å²) < 4.78 is 4.91. The third-order valence-electron chi connectivity index (χ3n) is 3.29. The zero-order valence-electron chi connectivity index (χ0n) is 10.1. The Labute approximate surface area is 97.4 Å². The first-order valence-electron chi connectivity index (χ1n) is 6.19. The first kappa shape index (κ1) is 13.5. The minimum Gasteiger partial charge on any atom is -0.480 e. The summed E-state index contributed by atoms with van der Waals surface area (Å²) in [7, 11) is 1.62. The van der Waals surface area contributed by atoms with Gasteiger partial charge in [-0.2, -0.15) is 0 Å². The largest absolute Gasteiger partial charge is 0.480 e. The van der Waals surface area contributed by atoms with Gasteiger partial charge in [-0.25, -0.2) is 0 Å². The molecule has 4 heteroatoms. The molecule has 0 aromatic rings. The number of methoxy groups -OCH3 is 1. The molecule has 0 saturated heterocycles. The molecule has 2 N–H and O–H groups in total. The van der Waals surface area contributed by atoms with Gasteiger partial charge in [-0.05, 0) is 12.3 Å². The van der Waals surface area contributed by atoms with Crippen molar-refractivity contribution in [3.05, 3.63) is 0 Å². The summed E-state index contributed by atoms with van der Waals surface area (Å²) in [5.74, 6) is -0.147. The molecule has 0 bridgehead atoms. The van der Waals surface area contributed by atoms with Crippen molar-refractivity contribution in [2.24, 2.45) is 5.92 Å². The van der Waals surface area contributed by atoms with Crippen molar-refractivity contribution >= 4 is 5.97 Å². The average molecular weight is 229 g/mol. The highest BCUT2D eigenvalue weighted by molar-refractivity contribution is 5.73. The summed E-state index contributed by atoms with van der Waals surface area (Å²) in [5.41, 5.74) is 0. The molecule has 0 amide bonds. The van der Waals surface area contributed by atoms with E-state index < -0.39 is 12.0 Å². The molecule has 0 heterocycles. The van der Waals surface area contributed by atoms with Crippen molar-refractivity contribution in [1.82, 2.24) is 5.32 Å². The number of hydrogen-bond donors (Lipinski definition) is 2. The number of carboxylic acid groups (broad SMARTS) is 1. The lowest BCUT2D eigenvalue weighted by atomic mass is 9.85. The Bertz CT molecular complexity index is 202. The minimum atomic E-state index is -0.735. The van der Waals surface area contributed by atoms with Crippen molar-refractivity contribution in [3.8, 4) is 0 Å². The Morgan fingerprint density at radius 1 is 1.44 bits per heavy atom. The van der Waals surface area contributed by atoms with Crippen molar-refractivity contribution < 1.29 is 14.6 Å². The van der Waals surface area contributed by atoms with Crippen molar-refractivity contribution in [2.75, 3.05) is 20.3 Å². The van der Waals surface area contributed by atoms with Crippen LogP contribution < -0.4 is 5.32 Å². The zero-order chi connectivity index (χ0) is 11.8. The first-order chi connectivity index (χ1) is 7.74. The molecule has 1 fully saturated rings. The van der Waals surface area contributed by atoms with Crippen LogP contribution >= 0.6 is 0 Å². The zero-order valence-corrected chi connectivity index (χ0v) is 10.1. The predicted molar refractivity (Wildman–Crippen MR) is 62.5 cm³/mol. The normalized spacial score (nSPS) is 19.6. The van der Waals surface area contributed by atoms with E-state index in [9.17, 15) is 4.79 Å². The molecule has 1 rings (SSSR count). The molecule has 0 aliphatic heterocycles. The molecule has 0 aromatic carbocycles. The number of nitrogens with one attached hydrogen (secondary N) is 1. The number of hydrogen-bond acceptors (Lipinski definition) is 3. The van der Waals surface area contributed by atoms with Gasteiger partial charge in [-0.1, -0.05) is 32.1 Å². The second kappa shape index (κ2) is 7.63. The SMILES string of the molecule is COCCNC(CC1CCCCC1)C(=O)O. The molecule has 0 aromatic heterocycles. The lowest BCUT2D eigenvalue weighted by molar-refractivity contribution is -0.140. The minimum absolute atomic E-state index is 0.404. The maximum atomic E-state index is 11.1. The van der Waals surface area contributed by atoms with Crippen LogP contribution in [0.1, 0.15) is 38.5 Å². The van der Waals surface area contributed by atoms with Crippen molar-refractivity contribution in [1.29, 1.82) is 0 Å². The van der Waals surface area contributed by atoms with Crippen LogP contribution in [0, 0.1) is 5.92 Å². The number of rotatable bonds is 7. The summed E-state index contributed by atoms with van der Waals surface area (Å²) in [6, 6.07) is -0.404. The first-order valence-corrected chi connectivity index (χ1v) is 6.19. The van der Waals surface area contributed by atoms with Gasteiger partial charge in [0.2, 0.25) is 0 Å². The Balaban J connectivity index is 2.28. The maximum absolute atomic E-state index is 11.1. The monoisotopic (exact) mass is 229 g/mol. The van der Waals surface area contributed by atoms with Crippen LogP contribution in [0.4, 0.5) is 0 Å². The summed E-state index contributed by atoms with van der Waals surface area (Å²) >= 11 is 0. The fraction of sp³-hybridized carbons (Fsp3) is 0.917. The highest BCUT2D eigenvalue weighted by Crippen LogP contribution is 2.27. The van der Waals surface area contributed by atoms with E-state index in [0.29, 0.717) is 19.1 Å². The van der Waals surface area contributed by atoms with Crippen LogP contribution in [0.25, 0.3) is 0 Å². The van der Waals surface area contributed by atoms with Crippen LogP contribution in [-0.4, -0.2) is 37.4 Å². The van der Waals surface area contributed by atoms with E-state index in [0.717, 1.165) is 6.42 Å². The smallest absolute Gasteiger partial charge is 0.320 e. The van der Waals surface area contributed by atoms with Gasteiger partial charge in [0.15, 0.2) is 0 Å². The quantitative estimate of drug-likeness (QED) is 0.652. The van der Waals surface area contributed by atoms with Gasteiger partial charge >= 0.3 is 5.97 Å². The lowest BCUT2D eigenvalue weighted by Crippen LogP contribution is -2.40. The number of carboxylic acids is 1. The third kappa shape index (κ3) is 4.94. The van der Waals surface area contributed by atoms with Gasteiger partial charge in [-0.15, -0.1) is 0 Å². The highest BCUT2D eigenvalue weighted by Gasteiger charge is 2.23. The summed E-state index contributed by atoms with van der Waals surface area (Å²) in [5, 5.41) is 12.1. The van der Waals surface area contributed by atoms with E-state index in [1.54, 1.807) is 7.11 Å². The number of carbonyl (C=O) groups is 1. The van der Waals surface area contributed by atoms with E-state index in [-0.39, 0.29) is 0 Å². The molecule has 0 spiro atoms. The predicted octanol–water partition coefficient (Wildman–Crippen LogP) is 1.65. The number of aliphatic carboxylic acids is 1. The molecular weight excluding hydrogens is 206 g/mol. The van der Waals surface area contributed by atoms with Crippen LogP contribution in [0.2, 0.25) is 0 Å². The third-order valence-corrected chi connectivity index (χ3v) is 3.29. The second-order valence-corrected chi connectivity index (χ2v) is 4.58. The van der Waals surface area contributed by atoms with Gasteiger partial charge < -0.3 is 15.2 Å². The van der Waals surface area contributed by atoms with Crippen LogP contribution in [0.3, 0.4) is 0 Å². The van der Waals surface area contributed by atoms with Gasteiger partial charge in [0.05, 0.1) is 6.61 Å². The van der Waals surface area contributed by atoms with E-state index in [2.05, 4.69) is 5.32 Å². The Hall–Kier alpha value is -0.610. The van der Waals surface area contributed by atoms with Gasteiger partial charge in [0.25, 0.3) is 0 Å². The Morgan fingerprint density at radius 3 is 2.69 bits per heavy atom. The molecule has 1 aliphatic carbocycles. The fourth-order valence-corrected chi connectivity index (χ4v) is 2.36. The maximum Gasteiger partial charge on any atom is 0.320 e. The molecular formula is C12H23NO3. The molecule has 16 heavy (non-hydrogen) atoms. The van der Waals surface area contributed by atoms with Crippen LogP contribution in [-0.2, 0) is 9.53 Å². The summed E-state index contributed by atoms with van der Waals surface area (Å²) in [6.45, 7) is 1.18. The Morgan fingerprint density at radius 2 is 2.12 bits per heavy atom. The van der Waals surface area contributed by atoms with Crippen molar-refractivity contribution in [2.45, 2.75) is 44.6 Å². The van der Waals surface area contributed by atoms with E-state index in [1.807, 2.05) is 0 Å². The summed E-state index contributed by atoms with van der Waals surface area (Å²) in [6.07, 6.45) is 6.97. The van der Waals surface area contributed by atoms with Crippen molar-refractivity contribution in [3.63, 3.8) is 0 Å². The van der Waals surface area contributed by atoms with Gasteiger partial charge in [0.1, 0.15) is 6.04 Å². The molecule has 1 saturated carbocycles. The van der Waals surface area contributed by atoms with E-state index in [1.165, 1.54) is 32.1 Å². The molecule has 1 unspecified atom stereocenters. The van der Waals surface area contributed by atoms with E-state index >= 15 is 0 Å². The second-order valence-electron chi connectivity index (χ2n) is 4.58. The average Bonchev–Trinajstić information content (AvgIpc) is 2.29. The summed E-state index contributed by atoms with van der Waals surface area (Å²) in [4.78, 5) is 11.1. The van der Waals surface area contributed by atoms with Gasteiger partial charge in [-0.3, -0.25) is 4.79 Å². The topological polar surface area (TPSA) is 58.6 Å². The van der Waals surface area contributed by atoms with Crippen LogP contribution in [0.5, 0.6) is 0 Å². The molecule has 4 nitrogen and oxygen atoms in total. The number of ether oxygens (including phenoxy) is 1. The molecule has 1 atom stereocenters.